The number of methoxy groups -OCH3 is 2. The average molecular weight is 753 g/mol. The van der Waals surface area contributed by atoms with Crippen molar-refractivity contribution in [2.24, 2.45) is 4.99 Å². The number of aliphatic imine (C=N–C) groups is 1. The fraction of sp³-hybridized carbons (Fsp3) is 0.278. The molecule has 4 aromatic carbocycles. The Morgan fingerprint density at radius 3 is 2.39 bits per heavy atom. The molecule has 4 aromatic rings. The van der Waals surface area contributed by atoms with Gasteiger partial charge in [-0.2, -0.15) is 0 Å². The van der Waals surface area contributed by atoms with Crippen molar-refractivity contribution in [1.29, 1.82) is 0 Å². The summed E-state index contributed by atoms with van der Waals surface area (Å²) in [5, 5.41) is 12.3. The molecule has 1 heterocycles. The molecule has 1 aliphatic rings. The van der Waals surface area contributed by atoms with E-state index < -0.39 is 11.6 Å². The Balaban J connectivity index is 1.52. The highest BCUT2D eigenvalue weighted by Crippen LogP contribution is 2.44. The maximum Gasteiger partial charge on any atom is 0.252 e. The van der Waals surface area contributed by atoms with Crippen LogP contribution in [0.25, 0.3) is 0 Å². The van der Waals surface area contributed by atoms with Gasteiger partial charge >= 0.3 is 0 Å². The highest BCUT2D eigenvalue weighted by molar-refractivity contribution is 9.10. The maximum absolute atomic E-state index is 14.6. The van der Waals surface area contributed by atoms with Crippen LogP contribution in [-0.4, -0.2) is 56.4 Å². The topological polar surface area (TPSA) is 98.6 Å². The average Bonchev–Trinajstić information content (AvgIpc) is 3.46. The predicted molar refractivity (Wildman–Crippen MR) is 185 cm³/mol. The van der Waals surface area contributed by atoms with Crippen LogP contribution in [0, 0.1) is 0 Å². The zero-order valence-electron chi connectivity index (χ0n) is 25.7. The van der Waals surface area contributed by atoms with Gasteiger partial charge in [0, 0.05) is 46.1 Å². The number of aliphatic hydroxyl groups is 1. The number of nitrogens with one attached hydrogen (secondary N) is 1. The van der Waals surface area contributed by atoms with Gasteiger partial charge in [-0.3, -0.25) is 4.79 Å². The van der Waals surface area contributed by atoms with Crippen molar-refractivity contribution in [2.45, 2.75) is 30.9 Å². The van der Waals surface area contributed by atoms with Gasteiger partial charge in [-0.25, -0.2) is 4.99 Å². The molecule has 2 N–H and O–H groups in total. The molecule has 0 fully saturated rings. The van der Waals surface area contributed by atoms with E-state index in [-0.39, 0.29) is 12.5 Å². The Hall–Kier alpha value is -3.86. The normalized spacial score (nSPS) is 17.2. The van der Waals surface area contributed by atoms with Gasteiger partial charge in [0.05, 0.1) is 20.8 Å². The van der Waals surface area contributed by atoms with Crippen LogP contribution in [0.2, 0.25) is 0 Å². The van der Waals surface area contributed by atoms with E-state index in [1.165, 1.54) is 0 Å². The lowest BCUT2D eigenvalue weighted by Crippen LogP contribution is -2.50. The Bertz CT molecular complexity index is 1660. The predicted octanol–water partition coefficient (Wildman–Crippen LogP) is 6.85. The smallest absolute Gasteiger partial charge is 0.252 e. The first-order valence-electron chi connectivity index (χ1n) is 15.0. The van der Waals surface area contributed by atoms with Crippen LogP contribution in [0.1, 0.15) is 34.8 Å². The molecule has 0 radical (unpaired) electrons. The van der Waals surface area contributed by atoms with Crippen molar-refractivity contribution in [1.82, 2.24) is 5.32 Å². The highest BCUT2D eigenvalue weighted by atomic mass is 79.9. The van der Waals surface area contributed by atoms with Gasteiger partial charge in [0.1, 0.15) is 17.2 Å². The number of hydrogen-bond acceptors (Lipinski definition) is 7. The lowest BCUT2D eigenvalue weighted by atomic mass is 9.82. The van der Waals surface area contributed by atoms with Crippen LogP contribution in [0.15, 0.2) is 105 Å². The highest BCUT2D eigenvalue weighted by Gasteiger charge is 2.53. The molecule has 5 rings (SSSR count). The van der Waals surface area contributed by atoms with Crippen LogP contribution in [-0.2, 0) is 22.4 Å². The summed E-state index contributed by atoms with van der Waals surface area (Å²) in [4.78, 5) is 19.7. The fourth-order valence-electron chi connectivity index (χ4n) is 5.40. The Kier molecular flexibility index (Phi) is 11.4. The van der Waals surface area contributed by atoms with Crippen LogP contribution < -0.4 is 19.5 Å². The fourth-order valence-corrected chi connectivity index (χ4v) is 6.16. The number of hydrogen-bond donors (Lipinski definition) is 2. The first-order valence-corrected chi connectivity index (χ1v) is 16.5. The van der Waals surface area contributed by atoms with Crippen molar-refractivity contribution in [3.05, 3.63) is 122 Å². The van der Waals surface area contributed by atoms with Crippen LogP contribution >= 0.6 is 31.9 Å². The van der Waals surface area contributed by atoms with Crippen LogP contribution in [0.3, 0.4) is 0 Å². The second-order valence-electron chi connectivity index (χ2n) is 10.8. The minimum absolute atomic E-state index is 0.0642. The van der Waals surface area contributed by atoms with Crippen molar-refractivity contribution in [3.8, 4) is 17.2 Å². The number of carbonyl (C=O) groups excluding carboxylic acids is 1. The summed E-state index contributed by atoms with van der Waals surface area (Å²) < 4.78 is 25.1. The van der Waals surface area contributed by atoms with Gasteiger partial charge in [-0.15, -0.1) is 0 Å². The first kappa shape index (κ1) is 33.5. The van der Waals surface area contributed by atoms with Gasteiger partial charge in [0.2, 0.25) is 5.90 Å². The molecule has 1 amide bonds. The number of nitrogens with zero attached hydrogens (tertiary/aromatic N) is 1. The molecule has 46 heavy (non-hydrogen) atoms. The number of amides is 1. The molecule has 1 aliphatic heterocycles. The summed E-state index contributed by atoms with van der Waals surface area (Å²) >= 11 is 7.22. The van der Waals surface area contributed by atoms with Gasteiger partial charge in [0.25, 0.3) is 5.91 Å². The largest absolute Gasteiger partial charge is 0.497 e. The molecule has 0 unspecified atom stereocenters. The molecular formula is C36H36Br2N2O6. The van der Waals surface area contributed by atoms with E-state index in [4.69, 9.17) is 29.0 Å². The van der Waals surface area contributed by atoms with Gasteiger partial charge in [-0.1, -0.05) is 62.2 Å². The number of halogens is 2. The number of rotatable bonds is 14. The molecule has 0 spiro atoms. The molecule has 240 valence electrons. The number of carbonyl (C=O) groups is 1. The van der Waals surface area contributed by atoms with E-state index in [0.29, 0.717) is 49.8 Å². The molecular weight excluding hydrogens is 716 g/mol. The third kappa shape index (κ3) is 7.74. The van der Waals surface area contributed by atoms with E-state index in [1.54, 1.807) is 14.2 Å². The molecule has 0 saturated heterocycles. The number of benzene rings is 4. The number of ether oxygens (including phenoxy) is 4. The summed E-state index contributed by atoms with van der Waals surface area (Å²) in [5.41, 5.74) is 2.05. The standard InChI is InChI=1S/C36H36Br2N2O6/c1-43-29-16-17-32(44-2)26(22-29)18-19-39-35(42)36(23-24-8-12-27(37)13-9-24)33(30-6-3-4-7-31(30)38)46-34(40-36)25-10-14-28(15-11-25)45-21-5-20-41/h3-4,6-17,22,33,41H,5,18-21,23H2,1-2H3,(H,39,42)/t33-,36-/m1/s1. The first-order chi connectivity index (χ1) is 22.4. The van der Waals surface area contributed by atoms with E-state index >= 15 is 0 Å². The van der Waals surface area contributed by atoms with Crippen molar-refractivity contribution < 1.29 is 28.8 Å². The molecule has 2 atom stereocenters. The van der Waals surface area contributed by atoms with Crippen molar-refractivity contribution >= 4 is 43.7 Å². The molecule has 0 saturated carbocycles. The van der Waals surface area contributed by atoms with Gasteiger partial charge < -0.3 is 29.4 Å². The Labute approximate surface area is 286 Å². The Morgan fingerprint density at radius 1 is 0.957 bits per heavy atom. The Morgan fingerprint density at radius 2 is 1.70 bits per heavy atom. The molecule has 0 aliphatic carbocycles. The van der Waals surface area contributed by atoms with Crippen molar-refractivity contribution in [3.63, 3.8) is 0 Å². The molecule has 0 bridgehead atoms. The van der Waals surface area contributed by atoms with E-state index in [2.05, 4.69) is 37.2 Å². The van der Waals surface area contributed by atoms with Crippen LogP contribution in [0.4, 0.5) is 0 Å². The van der Waals surface area contributed by atoms with E-state index in [0.717, 1.165) is 36.9 Å². The second-order valence-corrected chi connectivity index (χ2v) is 12.6. The summed E-state index contributed by atoms with van der Waals surface area (Å²) in [6.07, 6.45) is 0.638. The third-order valence-electron chi connectivity index (χ3n) is 7.77. The van der Waals surface area contributed by atoms with E-state index in [1.807, 2.05) is 91.0 Å². The summed E-state index contributed by atoms with van der Waals surface area (Å²) in [6, 6.07) is 28.7. The molecule has 8 nitrogen and oxygen atoms in total. The van der Waals surface area contributed by atoms with E-state index in [9.17, 15) is 4.79 Å². The summed E-state index contributed by atoms with van der Waals surface area (Å²) in [7, 11) is 3.24. The summed E-state index contributed by atoms with van der Waals surface area (Å²) in [5.74, 6) is 2.22. The zero-order valence-corrected chi connectivity index (χ0v) is 28.8. The third-order valence-corrected chi connectivity index (χ3v) is 9.02. The monoisotopic (exact) mass is 750 g/mol. The molecule has 10 heteroatoms. The molecule has 0 aromatic heterocycles. The number of aliphatic hydroxyl groups excluding tert-OH is 1. The minimum Gasteiger partial charge on any atom is -0.497 e. The van der Waals surface area contributed by atoms with Crippen LogP contribution in [0.5, 0.6) is 17.2 Å². The summed E-state index contributed by atoms with van der Waals surface area (Å²) in [6.45, 7) is 0.822. The van der Waals surface area contributed by atoms with Crippen molar-refractivity contribution in [2.75, 3.05) is 34.0 Å². The SMILES string of the molecule is COc1ccc(OC)c(CCNC(=O)[C@]2(Cc3ccc(Br)cc3)N=C(c3ccc(OCCCO)cc3)O[C@@H]2c2ccccc2Br)c1. The lowest BCUT2D eigenvalue weighted by Gasteiger charge is -2.31. The second kappa shape index (κ2) is 15.6. The van der Waals surface area contributed by atoms with Gasteiger partial charge in [0.15, 0.2) is 11.6 Å². The van der Waals surface area contributed by atoms with Gasteiger partial charge in [-0.05, 0) is 78.2 Å². The maximum atomic E-state index is 14.6. The lowest BCUT2D eigenvalue weighted by molar-refractivity contribution is -0.128. The zero-order chi connectivity index (χ0) is 32.5. The minimum atomic E-state index is -1.33. The quantitative estimate of drug-likeness (QED) is 0.137.